The van der Waals surface area contributed by atoms with E-state index in [1.165, 1.54) is 5.56 Å². The zero-order valence-electron chi connectivity index (χ0n) is 9.47. The summed E-state index contributed by atoms with van der Waals surface area (Å²) in [4.78, 5) is 12.1. The highest BCUT2D eigenvalue weighted by Crippen LogP contribution is 2.10. The van der Waals surface area contributed by atoms with Crippen molar-refractivity contribution in [3.8, 4) is 0 Å². The molecule has 0 aliphatic rings. The van der Waals surface area contributed by atoms with Gasteiger partial charge in [-0.3, -0.25) is 9.48 Å². The normalized spacial score (nSPS) is 10.4. The monoisotopic (exact) mass is 214 g/mol. The number of aryl methyl sites for hydroxylation is 2. The van der Waals surface area contributed by atoms with Gasteiger partial charge in [-0.25, -0.2) is 0 Å². The van der Waals surface area contributed by atoms with Gasteiger partial charge in [-0.1, -0.05) is 25.1 Å². The highest BCUT2D eigenvalue weighted by Gasteiger charge is 2.11. The molecule has 1 heterocycles. The van der Waals surface area contributed by atoms with E-state index in [0.29, 0.717) is 11.3 Å². The van der Waals surface area contributed by atoms with Crippen LogP contribution in [0.4, 0.5) is 0 Å². The molecule has 2 rings (SSSR count). The molecule has 1 aromatic heterocycles. The summed E-state index contributed by atoms with van der Waals surface area (Å²) >= 11 is 0. The first-order chi connectivity index (χ1) is 7.70. The van der Waals surface area contributed by atoms with E-state index in [4.69, 9.17) is 0 Å². The minimum absolute atomic E-state index is 0.0177. The van der Waals surface area contributed by atoms with E-state index in [1.807, 2.05) is 24.3 Å². The van der Waals surface area contributed by atoms with Crippen LogP contribution in [0, 0.1) is 0 Å². The third-order valence-electron chi connectivity index (χ3n) is 2.54. The van der Waals surface area contributed by atoms with Crippen molar-refractivity contribution < 1.29 is 4.79 Å². The van der Waals surface area contributed by atoms with Crippen molar-refractivity contribution in [2.45, 2.75) is 13.3 Å². The molecule has 82 valence electrons. The zero-order valence-corrected chi connectivity index (χ0v) is 9.47. The molecule has 2 aromatic rings. The van der Waals surface area contributed by atoms with Crippen LogP contribution in [0.5, 0.6) is 0 Å². The molecule has 0 aliphatic heterocycles. The van der Waals surface area contributed by atoms with Crippen molar-refractivity contribution in [2.75, 3.05) is 0 Å². The predicted molar refractivity (Wildman–Crippen MR) is 62.5 cm³/mol. The maximum Gasteiger partial charge on any atom is 0.213 e. The van der Waals surface area contributed by atoms with Gasteiger partial charge in [0, 0.05) is 18.8 Å². The number of aromatic nitrogens is 2. The highest BCUT2D eigenvalue weighted by molar-refractivity contribution is 6.07. The molecule has 0 radical (unpaired) electrons. The summed E-state index contributed by atoms with van der Waals surface area (Å²) < 4.78 is 1.64. The van der Waals surface area contributed by atoms with Gasteiger partial charge < -0.3 is 0 Å². The summed E-state index contributed by atoms with van der Waals surface area (Å²) in [7, 11) is 1.80. The van der Waals surface area contributed by atoms with E-state index in [-0.39, 0.29) is 5.78 Å². The Morgan fingerprint density at radius 2 is 2.19 bits per heavy atom. The van der Waals surface area contributed by atoms with Crippen LogP contribution < -0.4 is 0 Å². The second-order valence-electron chi connectivity index (χ2n) is 3.76. The van der Waals surface area contributed by atoms with E-state index in [1.54, 1.807) is 24.0 Å². The second-order valence-corrected chi connectivity index (χ2v) is 3.76. The second kappa shape index (κ2) is 4.31. The fourth-order valence-electron chi connectivity index (χ4n) is 1.62. The van der Waals surface area contributed by atoms with Crippen molar-refractivity contribution in [3.63, 3.8) is 0 Å². The van der Waals surface area contributed by atoms with Gasteiger partial charge in [0.1, 0.15) is 5.69 Å². The first-order valence-electron chi connectivity index (χ1n) is 5.34. The standard InChI is InChI=1S/C13H14N2O/c1-3-10-5-4-6-11(9-10)13(16)12-7-8-15(2)14-12/h4-9H,3H2,1-2H3. The molecule has 0 saturated heterocycles. The Kier molecular flexibility index (Phi) is 2.86. The summed E-state index contributed by atoms with van der Waals surface area (Å²) in [6.45, 7) is 2.07. The smallest absolute Gasteiger partial charge is 0.213 e. The van der Waals surface area contributed by atoms with Gasteiger partial charge in [0.2, 0.25) is 5.78 Å². The number of ketones is 1. The van der Waals surface area contributed by atoms with Gasteiger partial charge in [-0.2, -0.15) is 5.10 Å². The van der Waals surface area contributed by atoms with E-state index < -0.39 is 0 Å². The molecule has 1 aromatic carbocycles. The number of carbonyl (C=O) groups excluding carboxylic acids is 1. The van der Waals surface area contributed by atoms with Crippen LogP contribution in [0.1, 0.15) is 28.5 Å². The van der Waals surface area contributed by atoms with E-state index in [2.05, 4.69) is 12.0 Å². The van der Waals surface area contributed by atoms with Crippen molar-refractivity contribution in [2.24, 2.45) is 7.05 Å². The Bertz CT molecular complexity index is 514. The molecule has 0 amide bonds. The number of nitrogens with zero attached hydrogens (tertiary/aromatic N) is 2. The third kappa shape index (κ3) is 2.03. The van der Waals surface area contributed by atoms with Crippen LogP contribution in [0.15, 0.2) is 36.5 Å². The molecule has 0 saturated carbocycles. The molecule has 0 unspecified atom stereocenters. The highest BCUT2D eigenvalue weighted by atomic mass is 16.1. The molecule has 3 nitrogen and oxygen atoms in total. The lowest BCUT2D eigenvalue weighted by Crippen LogP contribution is -2.03. The van der Waals surface area contributed by atoms with Crippen molar-refractivity contribution in [1.82, 2.24) is 9.78 Å². The minimum atomic E-state index is -0.0177. The molecular weight excluding hydrogens is 200 g/mol. The van der Waals surface area contributed by atoms with Gasteiger partial charge >= 0.3 is 0 Å². The van der Waals surface area contributed by atoms with E-state index >= 15 is 0 Å². The van der Waals surface area contributed by atoms with Gasteiger partial charge in [0.15, 0.2) is 0 Å². The molecule has 0 N–H and O–H groups in total. The van der Waals surface area contributed by atoms with Crippen LogP contribution in [0.3, 0.4) is 0 Å². The molecule has 3 heteroatoms. The van der Waals surface area contributed by atoms with E-state index in [9.17, 15) is 4.79 Å². The SMILES string of the molecule is CCc1cccc(C(=O)c2ccn(C)n2)c1. The summed E-state index contributed by atoms with van der Waals surface area (Å²) in [5.74, 6) is -0.0177. The Labute approximate surface area is 94.7 Å². The first kappa shape index (κ1) is 10.6. The maximum absolute atomic E-state index is 12.1. The summed E-state index contributed by atoms with van der Waals surface area (Å²) in [5, 5.41) is 4.11. The molecule has 0 aliphatic carbocycles. The lowest BCUT2D eigenvalue weighted by atomic mass is 10.0. The molecule has 16 heavy (non-hydrogen) atoms. The Morgan fingerprint density at radius 1 is 1.38 bits per heavy atom. The Morgan fingerprint density at radius 3 is 2.81 bits per heavy atom. The summed E-state index contributed by atoms with van der Waals surface area (Å²) in [6, 6.07) is 9.43. The Balaban J connectivity index is 2.33. The minimum Gasteiger partial charge on any atom is -0.287 e. The molecular formula is C13H14N2O. The third-order valence-corrected chi connectivity index (χ3v) is 2.54. The molecule has 0 bridgehead atoms. The van der Waals surface area contributed by atoms with Gasteiger partial charge in [-0.05, 0) is 24.1 Å². The quantitative estimate of drug-likeness (QED) is 0.734. The van der Waals surface area contributed by atoms with Crippen LogP contribution in [0.2, 0.25) is 0 Å². The fourth-order valence-corrected chi connectivity index (χ4v) is 1.62. The van der Waals surface area contributed by atoms with E-state index in [0.717, 1.165) is 6.42 Å². The van der Waals surface area contributed by atoms with Crippen LogP contribution in [0.25, 0.3) is 0 Å². The van der Waals surface area contributed by atoms with Crippen molar-refractivity contribution in [1.29, 1.82) is 0 Å². The number of hydrogen-bond donors (Lipinski definition) is 0. The number of hydrogen-bond acceptors (Lipinski definition) is 2. The number of benzene rings is 1. The number of carbonyl (C=O) groups is 1. The molecule has 0 atom stereocenters. The summed E-state index contributed by atoms with van der Waals surface area (Å²) in [5.41, 5.74) is 2.37. The largest absolute Gasteiger partial charge is 0.287 e. The average molecular weight is 214 g/mol. The number of rotatable bonds is 3. The van der Waals surface area contributed by atoms with Gasteiger partial charge in [0.25, 0.3) is 0 Å². The lowest BCUT2D eigenvalue weighted by molar-refractivity contribution is 0.103. The maximum atomic E-state index is 12.1. The Hall–Kier alpha value is -1.90. The van der Waals surface area contributed by atoms with Crippen molar-refractivity contribution >= 4 is 5.78 Å². The topological polar surface area (TPSA) is 34.9 Å². The summed E-state index contributed by atoms with van der Waals surface area (Å²) in [6.07, 6.45) is 2.71. The van der Waals surface area contributed by atoms with Crippen LogP contribution >= 0.6 is 0 Å². The van der Waals surface area contributed by atoms with Gasteiger partial charge in [-0.15, -0.1) is 0 Å². The van der Waals surface area contributed by atoms with Crippen molar-refractivity contribution in [3.05, 3.63) is 53.3 Å². The van der Waals surface area contributed by atoms with Crippen LogP contribution in [-0.2, 0) is 13.5 Å². The van der Waals surface area contributed by atoms with Gasteiger partial charge in [0.05, 0.1) is 0 Å². The average Bonchev–Trinajstić information content (AvgIpc) is 2.75. The zero-order chi connectivity index (χ0) is 11.5. The molecule has 0 fully saturated rings. The predicted octanol–water partition coefficient (Wildman–Crippen LogP) is 2.21. The van der Waals surface area contributed by atoms with Crippen LogP contribution in [-0.4, -0.2) is 15.6 Å². The lowest BCUT2D eigenvalue weighted by Gasteiger charge is -2.00. The molecule has 0 spiro atoms. The fraction of sp³-hybridized carbons (Fsp3) is 0.231. The first-order valence-corrected chi connectivity index (χ1v) is 5.34.